The van der Waals surface area contributed by atoms with Crippen LogP contribution in [-0.4, -0.2) is 5.11 Å². The minimum atomic E-state index is 0.210. The molecule has 0 fully saturated rings. The lowest BCUT2D eigenvalue weighted by Gasteiger charge is -2.08. The average Bonchev–Trinajstić information content (AvgIpc) is 2.33. The maximum absolute atomic E-state index is 9.27. The number of halogens is 2. The zero-order valence-electron chi connectivity index (χ0n) is 8.90. The van der Waals surface area contributed by atoms with Crippen LogP contribution in [0.25, 0.3) is 5.57 Å². The van der Waals surface area contributed by atoms with Crippen LogP contribution in [0, 0.1) is 0 Å². The van der Waals surface area contributed by atoms with Gasteiger partial charge < -0.3 is 5.11 Å². The van der Waals surface area contributed by atoms with E-state index in [2.05, 4.69) is 0 Å². The number of phenols is 1. The molecular formula is C14H10Cl2O. The van der Waals surface area contributed by atoms with Crippen molar-refractivity contribution in [2.24, 2.45) is 0 Å². The third-order valence-electron chi connectivity index (χ3n) is 2.41. The van der Waals surface area contributed by atoms with Crippen molar-refractivity contribution < 1.29 is 5.11 Å². The van der Waals surface area contributed by atoms with E-state index in [-0.39, 0.29) is 10.2 Å². The quantitative estimate of drug-likeness (QED) is 0.842. The van der Waals surface area contributed by atoms with Gasteiger partial charge in [-0.1, -0.05) is 65.7 Å². The summed E-state index contributed by atoms with van der Waals surface area (Å²) < 4.78 is 0.210. The van der Waals surface area contributed by atoms with Crippen molar-refractivity contribution in [3.8, 4) is 5.75 Å². The highest BCUT2D eigenvalue weighted by Gasteiger charge is 2.08. The van der Waals surface area contributed by atoms with Gasteiger partial charge in [0.15, 0.2) is 0 Å². The molecule has 17 heavy (non-hydrogen) atoms. The van der Waals surface area contributed by atoms with Crippen molar-refractivity contribution in [1.29, 1.82) is 0 Å². The van der Waals surface area contributed by atoms with Gasteiger partial charge in [-0.2, -0.15) is 0 Å². The summed E-state index contributed by atoms with van der Waals surface area (Å²) in [4.78, 5) is 0. The van der Waals surface area contributed by atoms with Gasteiger partial charge in [0.25, 0.3) is 0 Å². The van der Waals surface area contributed by atoms with Crippen molar-refractivity contribution in [2.45, 2.75) is 0 Å². The molecule has 0 amide bonds. The van der Waals surface area contributed by atoms with Gasteiger partial charge in [0, 0.05) is 5.57 Å². The average molecular weight is 265 g/mol. The number of rotatable bonds is 2. The molecule has 0 spiro atoms. The third kappa shape index (κ3) is 2.82. The Morgan fingerprint density at radius 1 is 0.765 bits per heavy atom. The van der Waals surface area contributed by atoms with Gasteiger partial charge in [0.2, 0.25) is 0 Å². The molecule has 0 aliphatic heterocycles. The zero-order chi connectivity index (χ0) is 12.3. The molecule has 2 rings (SSSR count). The second-order valence-corrected chi connectivity index (χ2v) is 4.50. The molecule has 0 aliphatic carbocycles. The van der Waals surface area contributed by atoms with E-state index < -0.39 is 0 Å². The molecule has 0 unspecified atom stereocenters. The maximum atomic E-state index is 9.27. The van der Waals surface area contributed by atoms with E-state index in [9.17, 15) is 5.11 Å². The Hall–Kier alpha value is -1.44. The Morgan fingerprint density at radius 2 is 1.29 bits per heavy atom. The van der Waals surface area contributed by atoms with E-state index in [0.717, 1.165) is 16.7 Å². The van der Waals surface area contributed by atoms with Crippen LogP contribution in [0.1, 0.15) is 11.1 Å². The van der Waals surface area contributed by atoms with Crippen LogP contribution in [0.3, 0.4) is 0 Å². The lowest BCUT2D eigenvalue weighted by Crippen LogP contribution is -1.88. The topological polar surface area (TPSA) is 20.2 Å². The van der Waals surface area contributed by atoms with Crippen molar-refractivity contribution in [3.05, 3.63) is 70.2 Å². The highest BCUT2D eigenvalue weighted by atomic mass is 35.5. The van der Waals surface area contributed by atoms with Gasteiger partial charge >= 0.3 is 0 Å². The summed E-state index contributed by atoms with van der Waals surface area (Å²) in [6.07, 6.45) is 0. The molecule has 0 heterocycles. The summed E-state index contributed by atoms with van der Waals surface area (Å²) in [6, 6.07) is 16.4. The summed E-state index contributed by atoms with van der Waals surface area (Å²) >= 11 is 11.9. The van der Waals surface area contributed by atoms with E-state index in [1.54, 1.807) is 24.3 Å². The highest BCUT2D eigenvalue weighted by molar-refractivity contribution is 6.59. The first-order valence-corrected chi connectivity index (χ1v) is 5.84. The third-order valence-corrected chi connectivity index (χ3v) is 2.79. The van der Waals surface area contributed by atoms with Crippen LogP contribution in [0.5, 0.6) is 5.75 Å². The predicted molar refractivity (Wildman–Crippen MR) is 72.3 cm³/mol. The molecule has 0 saturated carbocycles. The fraction of sp³-hybridized carbons (Fsp3) is 0. The monoisotopic (exact) mass is 264 g/mol. The molecule has 0 atom stereocenters. The van der Waals surface area contributed by atoms with Crippen LogP contribution in [-0.2, 0) is 0 Å². The van der Waals surface area contributed by atoms with E-state index in [4.69, 9.17) is 23.2 Å². The van der Waals surface area contributed by atoms with Gasteiger partial charge in [-0.25, -0.2) is 0 Å². The molecule has 2 aromatic carbocycles. The van der Waals surface area contributed by atoms with Gasteiger partial charge in [-0.05, 0) is 23.3 Å². The van der Waals surface area contributed by atoms with E-state index in [1.807, 2.05) is 30.3 Å². The minimum absolute atomic E-state index is 0.210. The lowest BCUT2D eigenvalue weighted by molar-refractivity contribution is 0.475. The minimum Gasteiger partial charge on any atom is -0.508 e. The van der Waals surface area contributed by atoms with E-state index in [0.29, 0.717) is 0 Å². The molecule has 2 aromatic rings. The van der Waals surface area contributed by atoms with Gasteiger partial charge in [0.05, 0.1) is 0 Å². The largest absolute Gasteiger partial charge is 0.508 e. The second kappa shape index (κ2) is 5.26. The van der Waals surface area contributed by atoms with Crippen LogP contribution < -0.4 is 0 Å². The molecule has 0 saturated heterocycles. The highest BCUT2D eigenvalue weighted by Crippen LogP contribution is 2.31. The standard InChI is InChI=1S/C14H10Cl2O/c15-14(16)13(10-4-2-1-3-5-10)11-6-8-12(17)9-7-11/h1-9,17H. The molecule has 86 valence electrons. The van der Waals surface area contributed by atoms with Crippen molar-refractivity contribution >= 4 is 28.8 Å². The Morgan fingerprint density at radius 3 is 1.82 bits per heavy atom. The number of benzene rings is 2. The summed E-state index contributed by atoms with van der Waals surface area (Å²) in [5, 5.41) is 9.27. The summed E-state index contributed by atoms with van der Waals surface area (Å²) in [7, 11) is 0. The van der Waals surface area contributed by atoms with E-state index >= 15 is 0 Å². The Bertz CT molecular complexity index is 526. The maximum Gasteiger partial charge on any atom is 0.115 e. The van der Waals surface area contributed by atoms with Crippen LogP contribution in [0.2, 0.25) is 0 Å². The number of hydrogen-bond acceptors (Lipinski definition) is 1. The first-order valence-electron chi connectivity index (χ1n) is 5.08. The second-order valence-electron chi connectivity index (χ2n) is 3.55. The normalized spacial score (nSPS) is 10.0. The molecule has 1 N–H and O–H groups in total. The smallest absolute Gasteiger partial charge is 0.115 e. The van der Waals surface area contributed by atoms with Crippen molar-refractivity contribution in [1.82, 2.24) is 0 Å². The first kappa shape index (κ1) is 12.0. The number of hydrogen-bond donors (Lipinski definition) is 1. The van der Waals surface area contributed by atoms with Crippen molar-refractivity contribution in [2.75, 3.05) is 0 Å². The van der Waals surface area contributed by atoms with Crippen LogP contribution in [0.15, 0.2) is 59.1 Å². The lowest BCUT2D eigenvalue weighted by atomic mass is 10.00. The van der Waals surface area contributed by atoms with E-state index in [1.165, 1.54) is 0 Å². The molecule has 1 nitrogen and oxygen atoms in total. The molecule has 0 bridgehead atoms. The Balaban J connectivity index is 2.52. The number of aromatic hydroxyl groups is 1. The van der Waals surface area contributed by atoms with Gasteiger partial charge in [-0.15, -0.1) is 0 Å². The fourth-order valence-electron chi connectivity index (χ4n) is 1.62. The van der Waals surface area contributed by atoms with Crippen LogP contribution in [0.4, 0.5) is 0 Å². The molecule has 0 radical (unpaired) electrons. The molecule has 3 heteroatoms. The summed E-state index contributed by atoms with van der Waals surface area (Å²) in [5.41, 5.74) is 2.57. The van der Waals surface area contributed by atoms with Gasteiger partial charge in [-0.3, -0.25) is 0 Å². The predicted octanol–water partition coefficient (Wildman–Crippen LogP) is 4.59. The molecule has 0 aromatic heterocycles. The Kier molecular flexibility index (Phi) is 3.72. The van der Waals surface area contributed by atoms with Crippen molar-refractivity contribution in [3.63, 3.8) is 0 Å². The fourth-order valence-corrected chi connectivity index (χ4v) is 2.05. The zero-order valence-corrected chi connectivity index (χ0v) is 10.4. The van der Waals surface area contributed by atoms with Crippen LogP contribution >= 0.6 is 23.2 Å². The van der Waals surface area contributed by atoms with Gasteiger partial charge in [0.1, 0.15) is 10.2 Å². The SMILES string of the molecule is Oc1ccc(C(=C(Cl)Cl)c2ccccc2)cc1. The molecular weight excluding hydrogens is 255 g/mol. The number of phenolic OH excluding ortho intramolecular Hbond substituents is 1. The first-order chi connectivity index (χ1) is 8.18. The summed E-state index contributed by atoms with van der Waals surface area (Å²) in [5.74, 6) is 0.215. The summed E-state index contributed by atoms with van der Waals surface area (Å²) in [6.45, 7) is 0. The molecule has 0 aliphatic rings. The Labute approximate surface area is 110 Å².